The number of nitrogens with zero attached hydrogens (tertiary/aromatic N) is 3. The molecule has 1 atom stereocenters. The average Bonchev–Trinajstić information content (AvgIpc) is 3.14. The number of halogens is 6. The quantitative estimate of drug-likeness (QED) is 0.371. The van der Waals surface area contributed by atoms with Crippen molar-refractivity contribution < 1.29 is 31.5 Å². The number of carbonyl (C=O) groups is 1. The second kappa shape index (κ2) is 11.7. The molecule has 6 nitrogen and oxygen atoms in total. The third-order valence-electron chi connectivity index (χ3n) is 6.56. The highest BCUT2D eigenvalue weighted by Gasteiger charge is 2.36. The van der Waals surface area contributed by atoms with Crippen molar-refractivity contribution in [3.05, 3.63) is 28.7 Å². The predicted molar refractivity (Wildman–Crippen MR) is 125 cm³/mol. The Labute approximate surface area is 211 Å². The van der Waals surface area contributed by atoms with E-state index in [4.69, 9.17) is 11.6 Å². The third-order valence-corrected chi connectivity index (χ3v) is 6.92. The van der Waals surface area contributed by atoms with Crippen LogP contribution in [0.3, 0.4) is 0 Å². The molecular formula is C24H30ClF5N4O2. The van der Waals surface area contributed by atoms with Crippen molar-refractivity contribution >= 4 is 17.5 Å². The van der Waals surface area contributed by atoms with Crippen LogP contribution in [-0.4, -0.2) is 40.0 Å². The molecule has 200 valence electrons. The van der Waals surface area contributed by atoms with Crippen molar-refractivity contribution in [1.82, 2.24) is 20.1 Å². The molecule has 1 fully saturated rings. The van der Waals surface area contributed by atoms with Gasteiger partial charge in [0.2, 0.25) is 0 Å². The molecule has 3 rings (SSSR count). The minimum Gasteiger partial charge on any atom is -0.434 e. The first-order chi connectivity index (χ1) is 16.9. The lowest BCUT2D eigenvalue weighted by Gasteiger charge is -2.26. The summed E-state index contributed by atoms with van der Waals surface area (Å²) in [6.45, 7) is 2.38. The normalized spacial score (nSPS) is 19.4. The summed E-state index contributed by atoms with van der Waals surface area (Å²) in [6.07, 6.45) is 0.383. The molecule has 12 heteroatoms. The number of hydrogen-bond donors (Lipinski definition) is 1. The Balaban J connectivity index is 1.89. The highest BCUT2D eigenvalue weighted by molar-refractivity contribution is 6.36. The molecule has 0 spiro atoms. The fourth-order valence-electron chi connectivity index (χ4n) is 4.32. The molecule has 1 unspecified atom stereocenters. The maximum Gasteiger partial charge on any atom is 0.391 e. The molecular weight excluding hydrogens is 507 g/mol. The number of aryl methyl sites for hydroxylation is 1. The summed E-state index contributed by atoms with van der Waals surface area (Å²) in [4.78, 5) is 16.9. The van der Waals surface area contributed by atoms with Gasteiger partial charge in [-0.15, -0.1) is 0 Å². The highest BCUT2D eigenvalue weighted by atomic mass is 35.5. The van der Waals surface area contributed by atoms with Gasteiger partial charge in [0.05, 0.1) is 22.2 Å². The average molecular weight is 537 g/mol. The molecule has 0 saturated heterocycles. The fraction of sp³-hybridized carbons (Fsp3) is 0.625. The first-order valence-electron chi connectivity index (χ1n) is 12.0. The van der Waals surface area contributed by atoms with Gasteiger partial charge in [-0.25, -0.2) is 0 Å². The maximum atomic E-state index is 13.2. The molecule has 1 aliphatic rings. The first kappa shape index (κ1) is 28.1. The molecule has 0 radical (unpaired) electrons. The lowest BCUT2D eigenvalue weighted by molar-refractivity contribution is -0.169. The topological polar surface area (TPSA) is 69.0 Å². The standard InChI is InChI=1S/C24H30ClF5N4O2/c1-4-34-21(19(25)20(33-34)22(35)32-11-15-7-5-13(2)6-8-15)17-12-31-16(9-14(3)24(28,29)30)10-18(17)36-23(26)27/h10,12-15,23H,4-9,11H2,1-3H3,(H,32,35). The van der Waals surface area contributed by atoms with Crippen LogP contribution >= 0.6 is 11.6 Å². The van der Waals surface area contributed by atoms with Gasteiger partial charge in [-0.3, -0.25) is 14.5 Å². The summed E-state index contributed by atoms with van der Waals surface area (Å²) in [6, 6.07) is 1.04. The second-order valence-corrected chi connectivity index (χ2v) is 9.74. The number of hydrogen-bond acceptors (Lipinski definition) is 4. The highest BCUT2D eigenvalue weighted by Crippen LogP contribution is 2.38. The van der Waals surface area contributed by atoms with Crippen LogP contribution in [0.5, 0.6) is 5.75 Å². The van der Waals surface area contributed by atoms with Crippen LogP contribution in [0, 0.1) is 17.8 Å². The van der Waals surface area contributed by atoms with Crippen LogP contribution in [0.4, 0.5) is 22.0 Å². The van der Waals surface area contributed by atoms with Gasteiger partial charge in [-0.05, 0) is 31.6 Å². The monoisotopic (exact) mass is 536 g/mol. The Morgan fingerprint density at radius 2 is 1.94 bits per heavy atom. The SMILES string of the molecule is CCn1nc(C(=O)NCC2CCC(C)CC2)c(Cl)c1-c1cnc(CC(C)C(F)(F)F)cc1OC(F)F. The molecule has 1 saturated carbocycles. The largest absolute Gasteiger partial charge is 0.434 e. The van der Waals surface area contributed by atoms with Crippen molar-refractivity contribution in [3.8, 4) is 17.0 Å². The van der Waals surface area contributed by atoms with E-state index < -0.39 is 36.8 Å². The van der Waals surface area contributed by atoms with Crippen LogP contribution < -0.4 is 10.1 Å². The van der Waals surface area contributed by atoms with Crippen LogP contribution in [0.15, 0.2) is 12.3 Å². The van der Waals surface area contributed by atoms with E-state index in [9.17, 15) is 26.7 Å². The minimum atomic E-state index is -4.47. The van der Waals surface area contributed by atoms with Crippen LogP contribution in [0.25, 0.3) is 11.3 Å². The van der Waals surface area contributed by atoms with E-state index in [1.807, 2.05) is 0 Å². The predicted octanol–water partition coefficient (Wildman–Crippen LogP) is 6.52. The Morgan fingerprint density at radius 1 is 1.28 bits per heavy atom. The second-order valence-electron chi connectivity index (χ2n) is 9.36. The van der Waals surface area contributed by atoms with Crippen molar-refractivity contribution in [2.24, 2.45) is 17.8 Å². The van der Waals surface area contributed by atoms with Gasteiger partial charge < -0.3 is 10.1 Å². The van der Waals surface area contributed by atoms with Gasteiger partial charge in [-0.1, -0.05) is 38.3 Å². The molecule has 0 bridgehead atoms. The van der Waals surface area contributed by atoms with E-state index in [1.54, 1.807) is 6.92 Å². The molecule has 1 amide bonds. The van der Waals surface area contributed by atoms with E-state index >= 15 is 0 Å². The van der Waals surface area contributed by atoms with E-state index in [1.165, 1.54) is 4.68 Å². The fourth-order valence-corrected chi connectivity index (χ4v) is 4.64. The molecule has 2 heterocycles. The maximum absolute atomic E-state index is 13.2. The van der Waals surface area contributed by atoms with Crippen molar-refractivity contribution in [1.29, 1.82) is 0 Å². The molecule has 1 aliphatic carbocycles. The summed E-state index contributed by atoms with van der Waals surface area (Å²) in [5.74, 6) is -1.59. The molecule has 2 aromatic rings. The minimum absolute atomic E-state index is 0.00150. The lowest BCUT2D eigenvalue weighted by atomic mass is 9.83. The van der Waals surface area contributed by atoms with Crippen LogP contribution in [0.2, 0.25) is 5.02 Å². The number of ether oxygens (including phenoxy) is 1. The molecule has 1 N–H and O–H groups in total. The summed E-state index contributed by atoms with van der Waals surface area (Å²) < 4.78 is 71.2. The summed E-state index contributed by atoms with van der Waals surface area (Å²) in [7, 11) is 0. The number of carbonyl (C=O) groups excluding carboxylic acids is 1. The number of amides is 1. The Hall–Kier alpha value is -2.43. The zero-order chi connectivity index (χ0) is 26.6. The van der Waals surface area contributed by atoms with E-state index in [0.717, 1.165) is 44.9 Å². The number of alkyl halides is 5. The molecule has 2 aromatic heterocycles. The van der Waals surface area contributed by atoms with Crippen molar-refractivity contribution in [2.75, 3.05) is 6.54 Å². The van der Waals surface area contributed by atoms with Gasteiger partial charge in [0, 0.05) is 37.5 Å². The van der Waals surface area contributed by atoms with Gasteiger partial charge >= 0.3 is 12.8 Å². The Kier molecular flexibility index (Phi) is 9.18. The number of aromatic nitrogens is 3. The van der Waals surface area contributed by atoms with Crippen LogP contribution in [0.1, 0.15) is 62.6 Å². The van der Waals surface area contributed by atoms with Crippen molar-refractivity contribution in [2.45, 2.75) is 72.2 Å². The molecule has 0 aliphatic heterocycles. The summed E-state index contributed by atoms with van der Waals surface area (Å²) in [5, 5.41) is 7.04. The molecule has 36 heavy (non-hydrogen) atoms. The van der Waals surface area contributed by atoms with Gasteiger partial charge in [0.1, 0.15) is 5.75 Å². The first-order valence-corrected chi connectivity index (χ1v) is 12.3. The zero-order valence-electron chi connectivity index (χ0n) is 20.3. The van der Waals surface area contributed by atoms with Gasteiger partial charge in [0.15, 0.2) is 5.69 Å². The Bertz CT molecular complexity index is 1050. The summed E-state index contributed by atoms with van der Waals surface area (Å²) >= 11 is 6.51. The number of nitrogens with one attached hydrogen (secondary N) is 1. The lowest BCUT2D eigenvalue weighted by Crippen LogP contribution is -2.31. The van der Waals surface area contributed by atoms with Gasteiger partial charge in [-0.2, -0.15) is 27.1 Å². The van der Waals surface area contributed by atoms with Gasteiger partial charge in [0.25, 0.3) is 5.91 Å². The summed E-state index contributed by atoms with van der Waals surface area (Å²) in [5.41, 5.74) is -0.0269. The number of pyridine rings is 1. The van der Waals surface area contributed by atoms with E-state index in [2.05, 4.69) is 27.1 Å². The smallest absolute Gasteiger partial charge is 0.391 e. The Morgan fingerprint density at radius 3 is 2.53 bits per heavy atom. The van der Waals surface area contributed by atoms with E-state index in [0.29, 0.717) is 18.4 Å². The van der Waals surface area contributed by atoms with E-state index in [-0.39, 0.29) is 34.2 Å². The zero-order valence-corrected chi connectivity index (χ0v) is 21.1. The van der Waals surface area contributed by atoms with Crippen LogP contribution in [-0.2, 0) is 13.0 Å². The third kappa shape index (κ3) is 6.86. The molecule has 0 aromatic carbocycles. The number of rotatable bonds is 9. The van der Waals surface area contributed by atoms with Crippen molar-refractivity contribution in [3.63, 3.8) is 0 Å².